The predicted molar refractivity (Wildman–Crippen MR) is 169 cm³/mol. The maximum Gasteiger partial charge on any atom is 0.409 e. The average Bonchev–Trinajstić information content (AvgIpc) is 3.58. The summed E-state index contributed by atoms with van der Waals surface area (Å²) < 4.78 is 10.9. The van der Waals surface area contributed by atoms with Crippen molar-refractivity contribution < 1.29 is 43.3 Å². The maximum atomic E-state index is 13.5. The molecule has 254 valence electrons. The van der Waals surface area contributed by atoms with Crippen LogP contribution in [0.2, 0.25) is 0 Å². The van der Waals surface area contributed by atoms with Gasteiger partial charge in [-0.25, -0.2) is 9.78 Å². The van der Waals surface area contributed by atoms with Crippen LogP contribution < -0.4 is 15.4 Å². The smallest absolute Gasteiger partial charge is 0.409 e. The first-order chi connectivity index (χ1) is 22.6. The first-order valence-electron chi connectivity index (χ1n) is 16.0. The number of hydrogen-bond acceptors (Lipinski definition) is 9. The minimum atomic E-state index is -1.17. The summed E-state index contributed by atoms with van der Waals surface area (Å²) in [4.78, 5) is 85.1. The van der Waals surface area contributed by atoms with Crippen LogP contribution in [0.3, 0.4) is 0 Å². The van der Waals surface area contributed by atoms with E-state index in [1.165, 1.54) is 20.8 Å². The van der Waals surface area contributed by atoms with Crippen molar-refractivity contribution in [2.75, 3.05) is 52.5 Å². The molecule has 0 radical (unpaired) electrons. The van der Waals surface area contributed by atoms with E-state index in [4.69, 9.17) is 9.47 Å². The molecule has 2 aliphatic heterocycles. The number of nitrogens with one attached hydrogen (secondary N) is 2. The van der Waals surface area contributed by atoms with E-state index >= 15 is 0 Å². The van der Waals surface area contributed by atoms with Gasteiger partial charge in [0.1, 0.15) is 23.5 Å². The highest BCUT2D eigenvalue weighted by Gasteiger charge is 2.34. The second-order valence-corrected chi connectivity index (χ2v) is 11.3. The number of piperazine rings is 1. The molecule has 15 heteroatoms. The Balaban J connectivity index is 1.48. The third kappa shape index (κ3) is 9.08. The number of hydrogen-bond donors (Lipinski definition) is 3. The molecule has 0 saturated carbocycles. The van der Waals surface area contributed by atoms with Gasteiger partial charge in [0.05, 0.1) is 12.1 Å². The van der Waals surface area contributed by atoms with Crippen LogP contribution in [0.15, 0.2) is 30.3 Å². The number of amides is 5. The highest BCUT2D eigenvalue weighted by Crippen LogP contribution is 2.26. The van der Waals surface area contributed by atoms with Crippen LogP contribution in [0.4, 0.5) is 4.79 Å². The van der Waals surface area contributed by atoms with Crippen molar-refractivity contribution in [2.24, 2.45) is 0 Å². The lowest BCUT2D eigenvalue weighted by atomic mass is 10.1. The molecule has 1 aromatic heterocycles. The van der Waals surface area contributed by atoms with Gasteiger partial charge in [0.25, 0.3) is 11.8 Å². The predicted octanol–water partition coefficient (Wildman–Crippen LogP) is 1.39. The van der Waals surface area contributed by atoms with Gasteiger partial charge in [0, 0.05) is 57.1 Å². The fourth-order valence-corrected chi connectivity index (χ4v) is 5.61. The van der Waals surface area contributed by atoms with Crippen LogP contribution in [0.25, 0.3) is 10.9 Å². The molecule has 5 amide bonds. The van der Waals surface area contributed by atoms with E-state index in [2.05, 4.69) is 15.6 Å². The van der Waals surface area contributed by atoms with Crippen LogP contribution in [0.5, 0.6) is 5.75 Å². The first-order valence-corrected chi connectivity index (χ1v) is 16.0. The van der Waals surface area contributed by atoms with E-state index in [1.807, 2.05) is 6.92 Å². The van der Waals surface area contributed by atoms with Crippen molar-refractivity contribution in [3.63, 3.8) is 0 Å². The normalized spacial score (nSPS) is 16.8. The number of aliphatic carboxylic acids is 1. The minimum Gasteiger partial charge on any atom is -0.483 e. The van der Waals surface area contributed by atoms with Crippen LogP contribution in [-0.4, -0.2) is 125 Å². The zero-order valence-corrected chi connectivity index (χ0v) is 26.7. The number of aromatic nitrogens is 1. The molecule has 2 atom stereocenters. The van der Waals surface area contributed by atoms with E-state index in [1.54, 1.807) is 31.2 Å². The lowest BCUT2D eigenvalue weighted by molar-refractivity contribution is -0.140. The molecular weight excluding hydrogens is 612 g/mol. The zero-order valence-electron chi connectivity index (χ0n) is 26.7. The van der Waals surface area contributed by atoms with Gasteiger partial charge < -0.3 is 39.9 Å². The number of carboxylic acids is 1. The van der Waals surface area contributed by atoms with Gasteiger partial charge >= 0.3 is 12.1 Å². The van der Waals surface area contributed by atoms with Gasteiger partial charge in [-0.1, -0.05) is 19.1 Å². The number of carbonyl (C=O) groups is 6. The monoisotopic (exact) mass is 654 g/mol. The number of pyridine rings is 1. The second-order valence-electron chi connectivity index (χ2n) is 11.3. The number of fused-ring (bicyclic) bond motifs is 1. The Hall–Kier alpha value is -4.95. The Morgan fingerprint density at radius 1 is 1.02 bits per heavy atom. The summed E-state index contributed by atoms with van der Waals surface area (Å²) in [6.07, 6.45) is 1.04. The lowest BCUT2D eigenvalue weighted by Crippen LogP contribution is -2.56. The molecule has 0 aliphatic carbocycles. The minimum absolute atomic E-state index is 0.0932. The fourth-order valence-electron chi connectivity index (χ4n) is 5.61. The molecule has 2 saturated heterocycles. The van der Waals surface area contributed by atoms with Crippen LogP contribution >= 0.6 is 0 Å². The third-order valence-corrected chi connectivity index (χ3v) is 8.05. The quantitative estimate of drug-likeness (QED) is 0.285. The zero-order chi connectivity index (χ0) is 33.9. The van der Waals surface area contributed by atoms with E-state index in [-0.39, 0.29) is 75.5 Å². The Morgan fingerprint density at radius 2 is 1.74 bits per heavy atom. The van der Waals surface area contributed by atoms with Crippen molar-refractivity contribution in [3.8, 4) is 5.75 Å². The number of rotatable bonds is 13. The highest BCUT2D eigenvalue weighted by molar-refractivity contribution is 5.99. The van der Waals surface area contributed by atoms with Gasteiger partial charge in [-0.2, -0.15) is 0 Å². The van der Waals surface area contributed by atoms with Crippen molar-refractivity contribution in [1.82, 2.24) is 30.3 Å². The van der Waals surface area contributed by atoms with E-state index in [0.717, 1.165) is 6.42 Å². The lowest BCUT2D eigenvalue weighted by Gasteiger charge is -2.35. The SMILES string of the molecule is CCCNC(=O)[C@@H]1CCCN1C(=O)COc1cc(C(=O)N[C@@H](CCC(=O)O)C(=O)N2CCN(C(=O)OCC)CC2)nc2ccccc12. The number of carboxylic acid groups (broad SMARTS) is 1. The Kier molecular flexibility index (Phi) is 12.3. The Bertz CT molecular complexity index is 1480. The fraction of sp³-hybridized carbons (Fsp3) is 0.531. The number of carbonyl (C=O) groups excluding carboxylic acids is 5. The first kappa shape index (κ1) is 34.9. The summed E-state index contributed by atoms with van der Waals surface area (Å²) in [7, 11) is 0. The molecule has 3 heterocycles. The van der Waals surface area contributed by atoms with E-state index in [9.17, 15) is 33.9 Å². The van der Waals surface area contributed by atoms with Gasteiger partial charge in [-0.15, -0.1) is 0 Å². The van der Waals surface area contributed by atoms with Crippen molar-refractivity contribution in [1.29, 1.82) is 0 Å². The van der Waals surface area contributed by atoms with Crippen molar-refractivity contribution in [3.05, 3.63) is 36.0 Å². The molecule has 3 N–H and O–H groups in total. The number of ether oxygens (including phenoxy) is 2. The maximum absolute atomic E-state index is 13.5. The highest BCUT2D eigenvalue weighted by atomic mass is 16.6. The Morgan fingerprint density at radius 3 is 2.45 bits per heavy atom. The molecule has 2 aliphatic rings. The summed E-state index contributed by atoms with van der Waals surface area (Å²) in [5.41, 5.74) is 0.313. The average molecular weight is 655 g/mol. The second kappa shape index (κ2) is 16.6. The summed E-state index contributed by atoms with van der Waals surface area (Å²) in [5.74, 6) is -2.69. The summed E-state index contributed by atoms with van der Waals surface area (Å²) in [6.45, 7) is 5.31. The van der Waals surface area contributed by atoms with Crippen LogP contribution in [0.1, 0.15) is 56.4 Å². The molecule has 1 aromatic carbocycles. The van der Waals surface area contributed by atoms with Crippen LogP contribution in [0, 0.1) is 0 Å². The van der Waals surface area contributed by atoms with Gasteiger partial charge in [0.15, 0.2) is 6.61 Å². The molecular formula is C32H42N6O9. The van der Waals surface area contributed by atoms with Crippen molar-refractivity contribution >= 4 is 46.6 Å². The van der Waals surface area contributed by atoms with Crippen LogP contribution in [-0.2, 0) is 23.9 Å². The molecule has 47 heavy (non-hydrogen) atoms. The molecule has 2 fully saturated rings. The summed E-state index contributed by atoms with van der Waals surface area (Å²) >= 11 is 0. The molecule has 0 spiro atoms. The topological polar surface area (TPSA) is 188 Å². The molecule has 2 aromatic rings. The molecule has 15 nitrogen and oxygen atoms in total. The third-order valence-electron chi connectivity index (χ3n) is 8.05. The molecule has 0 bridgehead atoms. The van der Waals surface area contributed by atoms with Crippen molar-refractivity contribution in [2.45, 2.75) is 58.0 Å². The standard InChI is InChI=1S/C32H42N6O9/c1-3-13-33-30(43)25-10-7-14-38(25)27(39)20-47-26-19-24(34-22-9-6-5-8-21(22)26)29(42)35-23(11-12-28(40)41)31(44)36-15-17-37(18-16-36)32(45)46-4-2/h5-6,8-9,19,23,25H,3-4,7,10-18,20H2,1-2H3,(H,33,43)(H,35,42)(H,40,41)/t23-,25-/m0/s1. The number of para-hydroxylation sites is 1. The van der Waals surface area contributed by atoms with E-state index < -0.39 is 36.0 Å². The summed E-state index contributed by atoms with van der Waals surface area (Å²) in [5, 5.41) is 15.3. The summed E-state index contributed by atoms with van der Waals surface area (Å²) in [6, 6.07) is 6.53. The number of nitrogens with zero attached hydrogens (tertiary/aromatic N) is 4. The largest absolute Gasteiger partial charge is 0.483 e. The number of benzene rings is 1. The van der Waals surface area contributed by atoms with Gasteiger partial charge in [0.2, 0.25) is 11.8 Å². The van der Waals surface area contributed by atoms with Gasteiger partial charge in [-0.05, 0) is 44.7 Å². The molecule has 0 unspecified atom stereocenters. The number of likely N-dealkylation sites (tertiary alicyclic amines) is 1. The molecule has 4 rings (SSSR count). The van der Waals surface area contributed by atoms with Gasteiger partial charge in [-0.3, -0.25) is 24.0 Å². The van der Waals surface area contributed by atoms with E-state index in [0.29, 0.717) is 36.8 Å². The Labute approximate surface area is 272 Å².